The van der Waals surface area contributed by atoms with Gasteiger partial charge in [-0.05, 0) is 17.7 Å². The summed E-state index contributed by atoms with van der Waals surface area (Å²) in [5.74, 6) is 0. The third-order valence-electron chi connectivity index (χ3n) is 2.84. The Labute approximate surface area is 114 Å². The number of hydrogen-bond acceptors (Lipinski definition) is 2. The lowest BCUT2D eigenvalue weighted by Gasteiger charge is -2.22. The molecule has 3 heteroatoms. The van der Waals surface area contributed by atoms with Crippen molar-refractivity contribution < 1.29 is 0 Å². The summed E-state index contributed by atoms with van der Waals surface area (Å²) >= 11 is 5.59. The van der Waals surface area contributed by atoms with Crippen molar-refractivity contribution >= 4 is 33.4 Å². The Morgan fingerprint density at radius 3 is 2.53 bits per heavy atom. The topological polar surface area (TPSA) is 3.24 Å². The van der Waals surface area contributed by atoms with Crippen LogP contribution in [0, 0.1) is 0 Å². The van der Waals surface area contributed by atoms with Crippen molar-refractivity contribution in [3.8, 4) is 0 Å². The van der Waals surface area contributed by atoms with Gasteiger partial charge in [-0.1, -0.05) is 70.2 Å². The molecular weight excluding hydrogens is 294 g/mol. The van der Waals surface area contributed by atoms with E-state index in [-0.39, 0.29) is 0 Å². The lowest BCUT2D eigenvalue weighted by atomic mass is 10.2. The maximum absolute atomic E-state index is 3.73. The average Bonchev–Trinajstić information content (AvgIpc) is 2.68. The molecule has 0 spiro atoms. The highest BCUT2D eigenvalue weighted by molar-refractivity contribution is 9.11. The van der Waals surface area contributed by atoms with Crippen LogP contribution in [0.2, 0.25) is 0 Å². The first kappa shape index (κ1) is 11.2. The van der Waals surface area contributed by atoms with Gasteiger partial charge in [-0.25, -0.2) is 0 Å². The number of hydrogen-bond donors (Lipinski definition) is 0. The van der Waals surface area contributed by atoms with Gasteiger partial charge in [-0.15, -0.1) is 0 Å². The first-order valence-corrected chi connectivity index (χ1v) is 7.34. The van der Waals surface area contributed by atoms with E-state index in [2.05, 4.69) is 75.4 Å². The molecule has 3 rings (SSSR count). The van der Waals surface area contributed by atoms with Crippen LogP contribution >= 0.6 is 27.7 Å². The van der Waals surface area contributed by atoms with E-state index in [0.717, 1.165) is 6.54 Å². The van der Waals surface area contributed by atoms with E-state index in [0.29, 0.717) is 4.28 Å². The first-order chi connectivity index (χ1) is 8.34. The van der Waals surface area contributed by atoms with Crippen molar-refractivity contribution in [2.45, 2.75) is 15.7 Å². The van der Waals surface area contributed by atoms with Crippen LogP contribution in [0.1, 0.15) is 5.56 Å². The van der Waals surface area contributed by atoms with E-state index in [9.17, 15) is 0 Å². The van der Waals surface area contributed by atoms with Crippen molar-refractivity contribution in [2.75, 3.05) is 4.90 Å². The van der Waals surface area contributed by atoms with Gasteiger partial charge in [0.05, 0.1) is 5.69 Å². The van der Waals surface area contributed by atoms with E-state index in [1.165, 1.54) is 16.1 Å². The Kier molecular flexibility index (Phi) is 3.12. The van der Waals surface area contributed by atoms with Gasteiger partial charge in [0.1, 0.15) is 4.28 Å². The lowest BCUT2D eigenvalue weighted by molar-refractivity contribution is 0.889. The zero-order chi connectivity index (χ0) is 11.7. The molecule has 0 saturated carbocycles. The molecule has 2 aromatic carbocycles. The van der Waals surface area contributed by atoms with E-state index >= 15 is 0 Å². The number of benzene rings is 2. The standard InChI is InChI=1S/C14H12BrNS/c15-14-16(10-11-6-2-1-3-7-11)12-8-4-5-9-13(12)17-14/h1-9,14H,10H2. The highest BCUT2D eigenvalue weighted by Gasteiger charge is 2.27. The van der Waals surface area contributed by atoms with Crippen LogP contribution in [0.4, 0.5) is 5.69 Å². The number of rotatable bonds is 2. The van der Waals surface area contributed by atoms with E-state index in [1.807, 2.05) is 11.8 Å². The summed E-state index contributed by atoms with van der Waals surface area (Å²) < 4.78 is 0.333. The highest BCUT2D eigenvalue weighted by atomic mass is 79.9. The number of para-hydroxylation sites is 1. The van der Waals surface area contributed by atoms with Gasteiger partial charge in [0.2, 0.25) is 0 Å². The number of fused-ring (bicyclic) bond motifs is 1. The largest absolute Gasteiger partial charge is 0.345 e. The number of alkyl halides is 1. The predicted molar refractivity (Wildman–Crippen MR) is 77.6 cm³/mol. The molecule has 0 bridgehead atoms. The first-order valence-electron chi connectivity index (χ1n) is 5.55. The van der Waals surface area contributed by atoms with Gasteiger partial charge < -0.3 is 4.90 Å². The highest BCUT2D eigenvalue weighted by Crippen LogP contribution is 2.46. The summed E-state index contributed by atoms with van der Waals surface area (Å²) in [5.41, 5.74) is 2.66. The summed E-state index contributed by atoms with van der Waals surface area (Å²) in [6.45, 7) is 0.945. The van der Waals surface area contributed by atoms with E-state index < -0.39 is 0 Å². The van der Waals surface area contributed by atoms with Crippen molar-refractivity contribution in [3.63, 3.8) is 0 Å². The minimum atomic E-state index is 0.333. The Balaban J connectivity index is 1.89. The quantitative estimate of drug-likeness (QED) is 0.594. The molecule has 0 radical (unpaired) electrons. The van der Waals surface area contributed by atoms with Crippen LogP contribution in [0.15, 0.2) is 59.5 Å². The van der Waals surface area contributed by atoms with Gasteiger partial charge in [0.15, 0.2) is 0 Å². The molecule has 0 N–H and O–H groups in total. The molecule has 0 aliphatic carbocycles. The Hall–Kier alpha value is -0.930. The predicted octanol–water partition coefficient (Wildman–Crippen LogP) is 4.48. The monoisotopic (exact) mass is 305 g/mol. The molecule has 0 fully saturated rings. The second kappa shape index (κ2) is 4.75. The molecule has 86 valence electrons. The fourth-order valence-corrected chi connectivity index (χ4v) is 3.97. The minimum absolute atomic E-state index is 0.333. The van der Waals surface area contributed by atoms with Crippen LogP contribution in [-0.2, 0) is 6.54 Å². The third-order valence-corrected chi connectivity index (χ3v) is 4.94. The fraction of sp³-hybridized carbons (Fsp3) is 0.143. The summed E-state index contributed by atoms with van der Waals surface area (Å²) in [5, 5.41) is 0. The van der Waals surface area contributed by atoms with Gasteiger partial charge in [0.25, 0.3) is 0 Å². The Morgan fingerprint density at radius 2 is 1.71 bits per heavy atom. The van der Waals surface area contributed by atoms with Crippen molar-refractivity contribution in [3.05, 3.63) is 60.2 Å². The van der Waals surface area contributed by atoms with Gasteiger partial charge in [-0.2, -0.15) is 0 Å². The lowest BCUT2D eigenvalue weighted by Crippen LogP contribution is -2.23. The number of nitrogens with zero attached hydrogens (tertiary/aromatic N) is 1. The molecule has 0 saturated heterocycles. The molecule has 1 atom stereocenters. The summed E-state index contributed by atoms with van der Waals surface area (Å²) in [6, 6.07) is 19.1. The molecule has 1 aliphatic rings. The molecule has 1 unspecified atom stereocenters. The van der Waals surface area contributed by atoms with Crippen molar-refractivity contribution in [1.29, 1.82) is 0 Å². The fourth-order valence-electron chi connectivity index (χ4n) is 2.01. The minimum Gasteiger partial charge on any atom is -0.345 e. The zero-order valence-corrected chi connectivity index (χ0v) is 11.6. The van der Waals surface area contributed by atoms with Crippen LogP contribution in [0.25, 0.3) is 0 Å². The molecule has 1 aliphatic heterocycles. The van der Waals surface area contributed by atoms with Crippen LogP contribution in [-0.4, -0.2) is 4.28 Å². The second-order valence-electron chi connectivity index (χ2n) is 3.99. The summed E-state index contributed by atoms with van der Waals surface area (Å²) in [6.07, 6.45) is 0. The number of halogens is 1. The molecule has 1 heterocycles. The van der Waals surface area contributed by atoms with Gasteiger partial charge in [-0.3, -0.25) is 0 Å². The summed E-state index contributed by atoms with van der Waals surface area (Å²) in [7, 11) is 0. The molecule has 1 nitrogen and oxygen atoms in total. The van der Waals surface area contributed by atoms with Crippen molar-refractivity contribution in [1.82, 2.24) is 0 Å². The SMILES string of the molecule is BrC1Sc2ccccc2N1Cc1ccccc1. The molecule has 2 aromatic rings. The van der Waals surface area contributed by atoms with Crippen LogP contribution in [0.5, 0.6) is 0 Å². The number of thioether (sulfide) groups is 1. The molecule has 0 amide bonds. The normalized spacial score (nSPS) is 18.2. The molecule has 17 heavy (non-hydrogen) atoms. The maximum Gasteiger partial charge on any atom is 0.136 e. The second-order valence-corrected chi connectivity index (χ2v) is 6.59. The zero-order valence-electron chi connectivity index (χ0n) is 9.21. The van der Waals surface area contributed by atoms with Gasteiger partial charge >= 0.3 is 0 Å². The Morgan fingerprint density at radius 1 is 1.00 bits per heavy atom. The van der Waals surface area contributed by atoms with E-state index in [4.69, 9.17) is 0 Å². The average molecular weight is 306 g/mol. The van der Waals surface area contributed by atoms with Crippen molar-refractivity contribution in [2.24, 2.45) is 0 Å². The van der Waals surface area contributed by atoms with Gasteiger partial charge in [0, 0.05) is 11.4 Å². The number of anilines is 1. The smallest absolute Gasteiger partial charge is 0.136 e. The molecular formula is C14H12BrNS. The van der Waals surface area contributed by atoms with Crippen LogP contribution in [0.3, 0.4) is 0 Å². The molecule has 0 aromatic heterocycles. The third kappa shape index (κ3) is 2.22. The van der Waals surface area contributed by atoms with Crippen LogP contribution < -0.4 is 4.90 Å². The summed E-state index contributed by atoms with van der Waals surface area (Å²) in [4.78, 5) is 3.74. The van der Waals surface area contributed by atoms with E-state index in [1.54, 1.807) is 0 Å². The maximum atomic E-state index is 3.73. The Bertz CT molecular complexity index is 515.